The van der Waals surface area contributed by atoms with Crippen LogP contribution in [0.1, 0.15) is 59.3 Å². The molecule has 31 heavy (non-hydrogen) atoms. The third-order valence-corrected chi connectivity index (χ3v) is 7.68. The van der Waals surface area contributed by atoms with E-state index < -0.39 is 29.9 Å². The van der Waals surface area contributed by atoms with E-state index >= 15 is 0 Å². The van der Waals surface area contributed by atoms with Crippen LogP contribution in [0.3, 0.4) is 0 Å². The van der Waals surface area contributed by atoms with Gasteiger partial charge < -0.3 is 18.9 Å². The monoisotopic (exact) mass is 438 g/mol. The molecule has 5 atom stereocenters. The van der Waals surface area contributed by atoms with Crippen LogP contribution < -0.4 is 0 Å². The molecule has 0 radical (unpaired) electrons. The summed E-state index contributed by atoms with van der Waals surface area (Å²) in [5.74, 6) is -2.63. The highest BCUT2D eigenvalue weighted by Crippen LogP contribution is 2.60. The van der Waals surface area contributed by atoms with E-state index in [1.54, 1.807) is 0 Å². The number of fused-ring (bicyclic) bond motifs is 1. The highest BCUT2D eigenvalue weighted by atomic mass is 16.6. The molecule has 0 aromatic rings. The summed E-state index contributed by atoms with van der Waals surface area (Å²) in [6.45, 7) is 11.5. The van der Waals surface area contributed by atoms with E-state index in [0.29, 0.717) is 5.92 Å². The maximum atomic E-state index is 12.5. The van der Waals surface area contributed by atoms with Crippen molar-refractivity contribution in [2.75, 3.05) is 27.9 Å². The van der Waals surface area contributed by atoms with Crippen molar-refractivity contribution < 1.29 is 33.3 Å². The number of carbonyl (C=O) groups excluding carboxylic acids is 3. The molecule has 0 bridgehead atoms. The summed E-state index contributed by atoms with van der Waals surface area (Å²) in [6, 6.07) is 0. The van der Waals surface area contributed by atoms with Gasteiger partial charge >= 0.3 is 17.9 Å². The van der Waals surface area contributed by atoms with E-state index in [1.165, 1.54) is 27.8 Å². The second kappa shape index (κ2) is 10.2. The molecule has 176 valence electrons. The van der Waals surface area contributed by atoms with Crippen LogP contribution in [0.4, 0.5) is 0 Å². The smallest absolute Gasteiger partial charge is 0.335 e. The Balaban J connectivity index is 2.28. The summed E-state index contributed by atoms with van der Waals surface area (Å²) >= 11 is 0. The number of hydrogen-bond donors (Lipinski definition) is 0. The molecule has 0 saturated heterocycles. The standard InChI is InChI=1S/C24H38O7/c1-15-9-10-18-23(2,3)11-8-12-24(18,4)17(15)14-31-20(22(27)30-7)16(21(26)29-6)13-19(25)28-5/h16-18,20H,1,8-14H2,2-7H3/t16?,17-,18?,20?,24+/m0/s1. The first-order valence-corrected chi connectivity index (χ1v) is 11.0. The van der Waals surface area contributed by atoms with Gasteiger partial charge in [-0.25, -0.2) is 4.79 Å². The van der Waals surface area contributed by atoms with Crippen LogP contribution in [0.15, 0.2) is 12.2 Å². The Hall–Kier alpha value is -1.89. The van der Waals surface area contributed by atoms with Crippen molar-refractivity contribution >= 4 is 17.9 Å². The molecule has 2 fully saturated rings. The SMILES string of the molecule is C=C1CCC2C(C)(C)CCC[C@]2(C)[C@H]1COC(C(=O)OC)C(CC(=O)OC)C(=O)OC. The Morgan fingerprint density at radius 1 is 1.03 bits per heavy atom. The molecular weight excluding hydrogens is 400 g/mol. The lowest BCUT2D eigenvalue weighted by atomic mass is 9.48. The van der Waals surface area contributed by atoms with Crippen LogP contribution in [0.5, 0.6) is 0 Å². The van der Waals surface area contributed by atoms with Crippen molar-refractivity contribution in [3.8, 4) is 0 Å². The Labute approximate surface area is 185 Å². The lowest BCUT2D eigenvalue weighted by Crippen LogP contribution is -2.51. The molecule has 2 aliphatic carbocycles. The Bertz CT molecular complexity index is 698. The zero-order valence-electron chi connectivity index (χ0n) is 19.8. The van der Waals surface area contributed by atoms with E-state index in [-0.39, 0.29) is 29.8 Å². The summed E-state index contributed by atoms with van der Waals surface area (Å²) in [7, 11) is 3.66. The minimum Gasteiger partial charge on any atom is -0.469 e. The van der Waals surface area contributed by atoms with Gasteiger partial charge in [0.25, 0.3) is 0 Å². The number of methoxy groups -OCH3 is 3. The summed E-state index contributed by atoms with van der Waals surface area (Å²) in [5, 5.41) is 0. The average Bonchev–Trinajstić information content (AvgIpc) is 2.72. The summed E-state index contributed by atoms with van der Waals surface area (Å²) in [5.41, 5.74) is 1.34. The normalized spacial score (nSPS) is 29.3. The first-order valence-electron chi connectivity index (χ1n) is 11.0. The fourth-order valence-electron chi connectivity index (χ4n) is 5.97. The van der Waals surface area contributed by atoms with Gasteiger partial charge in [-0.15, -0.1) is 0 Å². The minimum absolute atomic E-state index is 0.000857. The third-order valence-electron chi connectivity index (χ3n) is 7.68. The second-order valence-corrected chi connectivity index (χ2v) is 9.84. The first-order chi connectivity index (χ1) is 14.5. The summed E-state index contributed by atoms with van der Waals surface area (Å²) in [4.78, 5) is 36.8. The van der Waals surface area contributed by atoms with Gasteiger partial charge in [-0.3, -0.25) is 9.59 Å². The molecule has 0 spiro atoms. The molecule has 0 aromatic carbocycles. The molecule has 2 aliphatic rings. The molecule has 0 N–H and O–H groups in total. The van der Waals surface area contributed by atoms with Gasteiger partial charge in [0.1, 0.15) is 5.92 Å². The summed E-state index contributed by atoms with van der Waals surface area (Å²) < 4.78 is 20.5. The molecular formula is C24H38O7. The van der Waals surface area contributed by atoms with Crippen molar-refractivity contribution in [2.45, 2.75) is 65.4 Å². The van der Waals surface area contributed by atoms with Gasteiger partial charge in [-0.05, 0) is 42.4 Å². The van der Waals surface area contributed by atoms with Crippen LogP contribution in [0.25, 0.3) is 0 Å². The Morgan fingerprint density at radius 2 is 1.68 bits per heavy atom. The number of rotatable bonds is 8. The first kappa shape index (κ1) is 25.4. The van der Waals surface area contributed by atoms with Crippen molar-refractivity contribution in [1.29, 1.82) is 0 Å². The van der Waals surface area contributed by atoms with Crippen molar-refractivity contribution in [1.82, 2.24) is 0 Å². The van der Waals surface area contributed by atoms with Gasteiger partial charge in [0.15, 0.2) is 6.10 Å². The summed E-state index contributed by atoms with van der Waals surface area (Å²) in [6.07, 6.45) is 3.83. The third kappa shape index (κ3) is 5.30. The van der Waals surface area contributed by atoms with Crippen molar-refractivity contribution in [3.63, 3.8) is 0 Å². The minimum atomic E-state index is -1.26. The molecule has 3 unspecified atom stereocenters. The fraction of sp³-hybridized carbons (Fsp3) is 0.792. The zero-order valence-corrected chi connectivity index (χ0v) is 19.8. The maximum Gasteiger partial charge on any atom is 0.335 e. The molecule has 0 aromatic heterocycles. The van der Waals surface area contributed by atoms with Gasteiger partial charge in [-0.2, -0.15) is 0 Å². The quantitative estimate of drug-likeness (QED) is 0.324. The fourth-order valence-corrected chi connectivity index (χ4v) is 5.97. The van der Waals surface area contributed by atoms with E-state index in [4.69, 9.17) is 18.9 Å². The molecule has 7 heteroatoms. The largest absolute Gasteiger partial charge is 0.469 e. The number of carbonyl (C=O) groups is 3. The van der Waals surface area contributed by atoms with E-state index in [1.807, 2.05) is 0 Å². The highest BCUT2D eigenvalue weighted by Gasteiger charge is 2.53. The van der Waals surface area contributed by atoms with Crippen LogP contribution in [-0.2, 0) is 33.3 Å². The number of ether oxygens (including phenoxy) is 4. The van der Waals surface area contributed by atoms with Crippen molar-refractivity contribution in [2.24, 2.45) is 28.6 Å². The van der Waals surface area contributed by atoms with Crippen LogP contribution in [-0.4, -0.2) is 51.9 Å². The number of hydrogen-bond acceptors (Lipinski definition) is 7. The van der Waals surface area contributed by atoms with Crippen molar-refractivity contribution in [3.05, 3.63) is 12.2 Å². The lowest BCUT2D eigenvalue weighted by Gasteiger charge is -2.58. The molecule has 2 saturated carbocycles. The van der Waals surface area contributed by atoms with Gasteiger partial charge in [0, 0.05) is 5.92 Å². The zero-order chi connectivity index (χ0) is 23.4. The maximum absolute atomic E-state index is 12.5. The molecule has 0 aliphatic heterocycles. The average molecular weight is 439 g/mol. The topological polar surface area (TPSA) is 88.1 Å². The Kier molecular flexibility index (Phi) is 8.31. The van der Waals surface area contributed by atoms with Crippen LogP contribution in [0, 0.1) is 28.6 Å². The van der Waals surface area contributed by atoms with Gasteiger partial charge in [-0.1, -0.05) is 39.3 Å². The predicted octanol–water partition coefficient (Wildman–Crippen LogP) is 3.70. The van der Waals surface area contributed by atoms with Crippen LogP contribution in [0.2, 0.25) is 0 Å². The molecule has 0 amide bonds. The molecule has 7 nitrogen and oxygen atoms in total. The lowest BCUT2D eigenvalue weighted by molar-refractivity contribution is -0.174. The molecule has 0 heterocycles. The van der Waals surface area contributed by atoms with Gasteiger partial charge in [0.2, 0.25) is 0 Å². The van der Waals surface area contributed by atoms with Crippen LogP contribution >= 0.6 is 0 Å². The highest BCUT2D eigenvalue weighted by molar-refractivity contribution is 5.87. The Morgan fingerprint density at radius 3 is 2.26 bits per heavy atom. The van der Waals surface area contributed by atoms with E-state index in [9.17, 15) is 14.4 Å². The van der Waals surface area contributed by atoms with E-state index in [2.05, 4.69) is 27.4 Å². The van der Waals surface area contributed by atoms with Gasteiger partial charge in [0.05, 0.1) is 34.4 Å². The second-order valence-electron chi connectivity index (χ2n) is 9.84. The molecule has 2 rings (SSSR count). The predicted molar refractivity (Wildman–Crippen MR) is 115 cm³/mol. The van der Waals surface area contributed by atoms with E-state index in [0.717, 1.165) is 31.3 Å². The number of esters is 3.